The molecule has 2 saturated heterocycles. The van der Waals surface area contributed by atoms with Crippen LogP contribution < -0.4 is 5.32 Å². The molecule has 0 radical (unpaired) electrons. The lowest BCUT2D eigenvalue weighted by molar-refractivity contribution is -0.134. The van der Waals surface area contributed by atoms with Crippen LogP contribution in [0.4, 0.5) is 5.82 Å². The molecule has 3 unspecified atom stereocenters. The molecule has 3 aliphatic rings. The Bertz CT molecular complexity index is 824. The predicted octanol–water partition coefficient (Wildman–Crippen LogP) is 1.44. The van der Waals surface area contributed by atoms with Crippen LogP contribution >= 0.6 is 11.3 Å². The third kappa shape index (κ3) is 2.42. The van der Waals surface area contributed by atoms with Gasteiger partial charge in [-0.05, 0) is 32.9 Å². The quantitative estimate of drug-likeness (QED) is 0.895. The van der Waals surface area contributed by atoms with E-state index in [4.69, 9.17) is 0 Å². The molecule has 1 aliphatic carbocycles. The number of nitrogens with one attached hydrogen (secondary N) is 1. The first-order chi connectivity index (χ1) is 12.1. The summed E-state index contributed by atoms with van der Waals surface area (Å²) in [5.74, 6) is 1.83. The molecular formula is C17H22N6OS. The van der Waals surface area contributed by atoms with Crippen molar-refractivity contribution in [2.75, 3.05) is 38.5 Å². The Kier molecular flexibility index (Phi) is 3.46. The fourth-order valence-corrected chi connectivity index (χ4v) is 5.26. The fraction of sp³-hybridized carbons (Fsp3) is 0.647. The summed E-state index contributed by atoms with van der Waals surface area (Å²) in [5, 5.41) is 3.66. The Labute approximate surface area is 150 Å². The highest BCUT2D eigenvalue weighted by molar-refractivity contribution is 7.16. The van der Waals surface area contributed by atoms with Crippen molar-refractivity contribution in [1.82, 2.24) is 24.8 Å². The summed E-state index contributed by atoms with van der Waals surface area (Å²) in [4.78, 5) is 31.3. The number of carbonyl (C=O) groups excluding carboxylic acids is 1. The number of thiazole rings is 1. The molecule has 3 atom stereocenters. The van der Waals surface area contributed by atoms with Gasteiger partial charge in [-0.25, -0.2) is 15.0 Å². The second kappa shape index (κ2) is 5.60. The van der Waals surface area contributed by atoms with Gasteiger partial charge in [-0.3, -0.25) is 4.79 Å². The number of likely N-dealkylation sites (tertiary alicyclic amines) is 2. The van der Waals surface area contributed by atoms with E-state index in [1.807, 2.05) is 5.51 Å². The number of hydrogen-bond acceptors (Lipinski definition) is 7. The Hall–Kier alpha value is -1.80. The van der Waals surface area contributed by atoms with E-state index in [1.54, 1.807) is 6.33 Å². The first-order valence-corrected chi connectivity index (χ1v) is 9.82. The molecule has 8 heteroatoms. The molecular weight excluding hydrogens is 336 g/mol. The minimum atomic E-state index is -0.0366. The van der Waals surface area contributed by atoms with Crippen molar-refractivity contribution in [3.05, 3.63) is 11.8 Å². The van der Waals surface area contributed by atoms with Crippen LogP contribution in [0.1, 0.15) is 19.3 Å². The highest BCUT2D eigenvalue weighted by atomic mass is 32.1. The van der Waals surface area contributed by atoms with E-state index in [0.29, 0.717) is 11.8 Å². The van der Waals surface area contributed by atoms with Gasteiger partial charge in [0.2, 0.25) is 5.91 Å². The summed E-state index contributed by atoms with van der Waals surface area (Å²) in [6, 6.07) is 0. The average molecular weight is 358 g/mol. The van der Waals surface area contributed by atoms with Crippen molar-refractivity contribution in [2.45, 2.75) is 24.8 Å². The lowest BCUT2D eigenvalue weighted by atomic mass is 9.69. The molecule has 132 valence electrons. The molecule has 0 spiro atoms. The SMILES string of the molecule is CN1CCC(C(=O)N2CC3CCC3(Nc3ncnc4scnc34)C2)C1. The Balaban J connectivity index is 1.36. The summed E-state index contributed by atoms with van der Waals surface area (Å²) < 4.78 is 0. The van der Waals surface area contributed by atoms with Crippen molar-refractivity contribution in [2.24, 2.45) is 11.8 Å². The monoisotopic (exact) mass is 358 g/mol. The first kappa shape index (κ1) is 15.5. The van der Waals surface area contributed by atoms with Crippen molar-refractivity contribution in [3.8, 4) is 0 Å². The van der Waals surface area contributed by atoms with Crippen molar-refractivity contribution in [3.63, 3.8) is 0 Å². The minimum Gasteiger partial charge on any atom is -0.361 e. The zero-order valence-corrected chi connectivity index (χ0v) is 15.1. The van der Waals surface area contributed by atoms with Gasteiger partial charge in [0.15, 0.2) is 5.82 Å². The molecule has 25 heavy (non-hydrogen) atoms. The highest BCUT2D eigenvalue weighted by Crippen LogP contribution is 2.47. The van der Waals surface area contributed by atoms with Gasteiger partial charge >= 0.3 is 0 Å². The second-order valence-electron chi connectivity index (χ2n) is 7.71. The summed E-state index contributed by atoms with van der Waals surface area (Å²) in [7, 11) is 2.10. The molecule has 2 aliphatic heterocycles. The Morgan fingerprint density at radius 2 is 2.24 bits per heavy atom. The van der Waals surface area contributed by atoms with Crippen LogP contribution in [-0.4, -0.2) is 69.4 Å². The molecule has 3 fully saturated rings. The van der Waals surface area contributed by atoms with E-state index < -0.39 is 0 Å². The maximum Gasteiger partial charge on any atom is 0.227 e. The molecule has 7 nitrogen and oxygen atoms in total. The van der Waals surface area contributed by atoms with Gasteiger partial charge in [-0.15, -0.1) is 11.3 Å². The zero-order chi connectivity index (χ0) is 17.0. The smallest absolute Gasteiger partial charge is 0.227 e. The van der Waals surface area contributed by atoms with Gasteiger partial charge < -0.3 is 15.1 Å². The van der Waals surface area contributed by atoms with Gasteiger partial charge in [0.25, 0.3) is 0 Å². The van der Waals surface area contributed by atoms with Crippen molar-refractivity contribution < 1.29 is 4.79 Å². The van der Waals surface area contributed by atoms with E-state index >= 15 is 0 Å². The van der Waals surface area contributed by atoms with Gasteiger partial charge in [0.05, 0.1) is 17.0 Å². The topological polar surface area (TPSA) is 74.2 Å². The summed E-state index contributed by atoms with van der Waals surface area (Å²) >= 11 is 1.53. The number of anilines is 1. The van der Waals surface area contributed by atoms with Crippen LogP contribution in [-0.2, 0) is 4.79 Å². The molecule has 1 N–H and O–H groups in total. The summed E-state index contributed by atoms with van der Waals surface area (Å²) in [6.07, 6.45) is 4.84. The number of aromatic nitrogens is 3. The molecule has 0 aromatic carbocycles. The number of amides is 1. The van der Waals surface area contributed by atoms with Gasteiger partial charge in [0, 0.05) is 25.6 Å². The van der Waals surface area contributed by atoms with Crippen LogP contribution in [0.3, 0.4) is 0 Å². The average Bonchev–Trinajstić information content (AvgIpc) is 3.29. The molecule has 1 amide bonds. The minimum absolute atomic E-state index is 0.0366. The van der Waals surface area contributed by atoms with Crippen LogP contribution in [0.15, 0.2) is 11.8 Å². The molecule has 4 heterocycles. The van der Waals surface area contributed by atoms with Crippen molar-refractivity contribution in [1.29, 1.82) is 0 Å². The molecule has 0 bridgehead atoms. The van der Waals surface area contributed by atoms with E-state index in [0.717, 1.165) is 55.2 Å². The summed E-state index contributed by atoms with van der Waals surface area (Å²) in [5.41, 5.74) is 2.61. The van der Waals surface area contributed by atoms with E-state index in [9.17, 15) is 4.79 Å². The number of nitrogens with zero attached hydrogens (tertiary/aromatic N) is 5. The maximum atomic E-state index is 12.9. The lowest BCUT2D eigenvalue weighted by Gasteiger charge is -2.44. The zero-order valence-electron chi connectivity index (χ0n) is 14.3. The van der Waals surface area contributed by atoms with E-state index in [-0.39, 0.29) is 11.5 Å². The first-order valence-electron chi connectivity index (χ1n) is 8.94. The fourth-order valence-electron chi connectivity index (χ4n) is 4.63. The standard InChI is InChI=1S/C17H22N6OS/c1-22-5-3-11(6-22)16(24)23-7-12-2-4-17(12,8-23)21-14-13-15(19-9-18-14)25-10-20-13/h9-12H,2-8H2,1H3,(H,18,19,21). The normalized spacial score (nSPS) is 32.0. The highest BCUT2D eigenvalue weighted by Gasteiger charge is 2.55. The molecule has 5 rings (SSSR count). The third-order valence-electron chi connectivity index (χ3n) is 6.19. The number of rotatable bonds is 3. The van der Waals surface area contributed by atoms with Crippen LogP contribution in [0.5, 0.6) is 0 Å². The van der Waals surface area contributed by atoms with Crippen LogP contribution in [0.25, 0.3) is 10.3 Å². The number of carbonyl (C=O) groups is 1. The Morgan fingerprint density at radius 3 is 3.00 bits per heavy atom. The third-order valence-corrected chi connectivity index (χ3v) is 6.92. The predicted molar refractivity (Wildman–Crippen MR) is 96.5 cm³/mol. The summed E-state index contributed by atoms with van der Waals surface area (Å²) in [6.45, 7) is 3.58. The van der Waals surface area contributed by atoms with Crippen LogP contribution in [0, 0.1) is 11.8 Å². The molecule has 2 aromatic rings. The molecule has 2 aromatic heterocycles. The largest absolute Gasteiger partial charge is 0.361 e. The lowest BCUT2D eigenvalue weighted by Crippen LogP contribution is -2.53. The van der Waals surface area contributed by atoms with Gasteiger partial charge in [-0.2, -0.15) is 0 Å². The van der Waals surface area contributed by atoms with Gasteiger partial charge in [0.1, 0.15) is 16.7 Å². The maximum absolute atomic E-state index is 12.9. The second-order valence-corrected chi connectivity index (χ2v) is 8.54. The van der Waals surface area contributed by atoms with Crippen LogP contribution in [0.2, 0.25) is 0 Å². The van der Waals surface area contributed by atoms with Crippen molar-refractivity contribution >= 4 is 33.4 Å². The Morgan fingerprint density at radius 1 is 1.32 bits per heavy atom. The number of hydrogen-bond donors (Lipinski definition) is 1. The van der Waals surface area contributed by atoms with E-state index in [1.165, 1.54) is 17.8 Å². The van der Waals surface area contributed by atoms with Gasteiger partial charge in [-0.1, -0.05) is 0 Å². The van der Waals surface area contributed by atoms with E-state index in [2.05, 4.69) is 37.1 Å². The molecule has 1 saturated carbocycles. The number of fused-ring (bicyclic) bond motifs is 2.